The first-order valence-electron chi connectivity index (χ1n) is 3.96. The summed E-state index contributed by atoms with van der Waals surface area (Å²) in [6, 6.07) is 0. The maximum absolute atomic E-state index is 10.4. The maximum Gasteiger partial charge on any atom is 0.303 e. The van der Waals surface area contributed by atoms with Crippen molar-refractivity contribution in [1.82, 2.24) is 0 Å². The van der Waals surface area contributed by atoms with Gasteiger partial charge in [0, 0.05) is 18.3 Å². The van der Waals surface area contributed by atoms with Gasteiger partial charge in [-0.3, -0.25) is 4.79 Å². The van der Waals surface area contributed by atoms with E-state index in [1.807, 2.05) is 13.2 Å². The Kier molecular flexibility index (Phi) is 6.63. The molecule has 0 saturated heterocycles. The predicted molar refractivity (Wildman–Crippen MR) is 58.3 cm³/mol. The van der Waals surface area contributed by atoms with Crippen LogP contribution in [-0.2, 0) is 9.53 Å². The Morgan fingerprint density at radius 2 is 2.23 bits per heavy atom. The van der Waals surface area contributed by atoms with E-state index < -0.39 is 5.97 Å². The summed E-state index contributed by atoms with van der Waals surface area (Å²) >= 11 is 0. The van der Waals surface area contributed by atoms with Gasteiger partial charge in [-0.05, 0) is 19.6 Å². The Morgan fingerprint density at radius 1 is 1.62 bits per heavy atom. The van der Waals surface area contributed by atoms with Crippen LogP contribution in [0.5, 0.6) is 0 Å². The van der Waals surface area contributed by atoms with Gasteiger partial charge in [-0.25, -0.2) is 0 Å². The van der Waals surface area contributed by atoms with Crippen LogP contribution in [0, 0.1) is 0 Å². The van der Waals surface area contributed by atoms with Crippen molar-refractivity contribution in [3.05, 3.63) is 0 Å². The molecular formula is C8H16O3S2. The molecule has 0 amide bonds. The standard InChI is InChI=1S/C8H16O3S2/c1-8(6-11-2,13-12-3)5-4-7(9)10/h4-6H2,1-3H3,(H,9,10). The Bertz CT molecular complexity index is 155. The van der Waals surface area contributed by atoms with E-state index in [0.717, 1.165) is 0 Å². The van der Waals surface area contributed by atoms with Crippen molar-refractivity contribution in [2.45, 2.75) is 24.5 Å². The van der Waals surface area contributed by atoms with Gasteiger partial charge in [0.25, 0.3) is 0 Å². The normalized spacial score (nSPS) is 15.3. The fraction of sp³-hybridized carbons (Fsp3) is 0.875. The summed E-state index contributed by atoms with van der Waals surface area (Å²) in [7, 11) is 4.96. The fourth-order valence-electron chi connectivity index (χ4n) is 1.02. The van der Waals surface area contributed by atoms with Crippen LogP contribution < -0.4 is 0 Å². The summed E-state index contributed by atoms with van der Waals surface area (Å²) in [5, 5.41) is 8.56. The molecule has 0 heterocycles. The van der Waals surface area contributed by atoms with Gasteiger partial charge in [0.05, 0.1) is 6.61 Å². The van der Waals surface area contributed by atoms with Crippen LogP contribution in [0.4, 0.5) is 0 Å². The Morgan fingerprint density at radius 3 is 2.62 bits per heavy atom. The lowest BCUT2D eigenvalue weighted by molar-refractivity contribution is -0.137. The lowest BCUT2D eigenvalue weighted by atomic mass is 10.1. The van der Waals surface area contributed by atoms with Crippen LogP contribution in [0.15, 0.2) is 0 Å². The largest absolute Gasteiger partial charge is 0.481 e. The summed E-state index contributed by atoms with van der Waals surface area (Å²) < 4.78 is 4.97. The van der Waals surface area contributed by atoms with E-state index >= 15 is 0 Å². The molecule has 0 rings (SSSR count). The number of carboxylic acid groups (broad SMARTS) is 1. The lowest BCUT2D eigenvalue weighted by Crippen LogP contribution is -2.26. The highest BCUT2D eigenvalue weighted by molar-refractivity contribution is 8.77. The Balaban J connectivity index is 3.98. The quantitative estimate of drug-likeness (QED) is 0.672. The molecule has 13 heavy (non-hydrogen) atoms. The zero-order chi connectivity index (χ0) is 10.3. The molecule has 5 heteroatoms. The van der Waals surface area contributed by atoms with E-state index in [1.165, 1.54) is 0 Å². The van der Waals surface area contributed by atoms with Crippen molar-refractivity contribution in [1.29, 1.82) is 0 Å². The zero-order valence-electron chi connectivity index (χ0n) is 8.20. The molecule has 0 aromatic rings. The summed E-state index contributed by atoms with van der Waals surface area (Å²) in [5.41, 5.74) is 0. The zero-order valence-corrected chi connectivity index (χ0v) is 9.83. The minimum atomic E-state index is -0.746. The van der Waals surface area contributed by atoms with E-state index in [0.29, 0.717) is 13.0 Å². The second-order valence-corrected chi connectivity index (χ2v) is 6.01. The first-order chi connectivity index (χ1) is 6.04. The van der Waals surface area contributed by atoms with Crippen LogP contribution >= 0.6 is 21.6 Å². The maximum atomic E-state index is 10.4. The molecule has 0 radical (unpaired) electrons. The third-order valence-corrected chi connectivity index (χ3v) is 4.20. The highest BCUT2D eigenvalue weighted by Gasteiger charge is 2.25. The summed E-state index contributed by atoms with van der Waals surface area (Å²) in [5.74, 6) is -0.746. The molecule has 0 aliphatic rings. The molecule has 3 nitrogen and oxygen atoms in total. The van der Waals surface area contributed by atoms with Crippen LogP contribution in [-0.4, -0.2) is 35.8 Å². The Labute approximate surface area is 87.0 Å². The number of aliphatic carboxylic acids is 1. The third-order valence-electron chi connectivity index (χ3n) is 1.60. The van der Waals surface area contributed by atoms with Gasteiger partial charge >= 0.3 is 5.97 Å². The second-order valence-electron chi connectivity index (χ2n) is 3.03. The van der Waals surface area contributed by atoms with Gasteiger partial charge in [0.2, 0.25) is 0 Å². The third kappa shape index (κ3) is 6.23. The van der Waals surface area contributed by atoms with Crippen molar-refractivity contribution >= 4 is 27.6 Å². The minimum absolute atomic E-state index is 0.0907. The molecule has 1 atom stereocenters. The monoisotopic (exact) mass is 224 g/mol. The van der Waals surface area contributed by atoms with Gasteiger partial charge in [-0.15, -0.1) is 0 Å². The SMILES string of the molecule is COCC(C)(CCC(=O)O)SSC. The number of hydrogen-bond donors (Lipinski definition) is 1. The molecule has 0 aliphatic carbocycles. The molecule has 0 saturated carbocycles. The topological polar surface area (TPSA) is 46.5 Å². The lowest BCUT2D eigenvalue weighted by Gasteiger charge is -2.26. The number of methoxy groups -OCH3 is 1. The number of hydrogen-bond acceptors (Lipinski definition) is 4. The molecule has 0 aliphatic heterocycles. The van der Waals surface area contributed by atoms with Crippen LogP contribution in [0.1, 0.15) is 19.8 Å². The average Bonchev–Trinajstić information content (AvgIpc) is 2.02. The molecule has 0 spiro atoms. The molecule has 1 N–H and O–H groups in total. The molecular weight excluding hydrogens is 208 g/mol. The van der Waals surface area contributed by atoms with Crippen molar-refractivity contribution in [2.75, 3.05) is 20.0 Å². The fourth-order valence-corrected chi connectivity index (χ4v) is 3.37. The molecule has 0 bridgehead atoms. The van der Waals surface area contributed by atoms with Gasteiger partial charge in [0.1, 0.15) is 0 Å². The van der Waals surface area contributed by atoms with E-state index in [-0.39, 0.29) is 11.2 Å². The number of carbonyl (C=O) groups is 1. The van der Waals surface area contributed by atoms with Crippen LogP contribution in [0.2, 0.25) is 0 Å². The average molecular weight is 224 g/mol. The van der Waals surface area contributed by atoms with Crippen LogP contribution in [0.3, 0.4) is 0 Å². The Hall–Kier alpha value is 0.130. The smallest absolute Gasteiger partial charge is 0.303 e. The van der Waals surface area contributed by atoms with Gasteiger partial charge in [0.15, 0.2) is 0 Å². The minimum Gasteiger partial charge on any atom is -0.481 e. The van der Waals surface area contributed by atoms with Crippen LogP contribution in [0.25, 0.3) is 0 Å². The second kappa shape index (κ2) is 6.56. The highest BCUT2D eigenvalue weighted by atomic mass is 33.1. The number of rotatable bonds is 7. The van der Waals surface area contributed by atoms with Gasteiger partial charge in [-0.1, -0.05) is 21.6 Å². The first kappa shape index (κ1) is 13.1. The molecule has 0 aromatic carbocycles. The van der Waals surface area contributed by atoms with E-state index in [1.54, 1.807) is 28.7 Å². The predicted octanol–water partition coefficient (Wildman–Crippen LogP) is 2.27. The first-order valence-corrected chi connectivity index (χ1v) is 6.52. The summed E-state index contributed by atoms with van der Waals surface area (Å²) in [6.07, 6.45) is 2.83. The van der Waals surface area contributed by atoms with Crippen molar-refractivity contribution < 1.29 is 14.6 Å². The van der Waals surface area contributed by atoms with E-state index in [2.05, 4.69) is 0 Å². The molecule has 0 fully saturated rings. The van der Waals surface area contributed by atoms with E-state index in [9.17, 15) is 4.79 Å². The molecule has 78 valence electrons. The van der Waals surface area contributed by atoms with Crippen molar-refractivity contribution in [3.8, 4) is 0 Å². The molecule has 0 aromatic heterocycles. The summed E-state index contributed by atoms with van der Waals surface area (Å²) in [4.78, 5) is 10.4. The highest BCUT2D eigenvalue weighted by Crippen LogP contribution is 2.37. The van der Waals surface area contributed by atoms with E-state index in [4.69, 9.17) is 9.84 Å². The molecule has 1 unspecified atom stereocenters. The van der Waals surface area contributed by atoms with Gasteiger partial charge in [-0.2, -0.15) is 0 Å². The summed E-state index contributed by atoms with van der Waals surface area (Å²) in [6.45, 7) is 2.62. The number of ether oxygens (including phenoxy) is 1. The van der Waals surface area contributed by atoms with Crippen molar-refractivity contribution in [2.24, 2.45) is 0 Å². The van der Waals surface area contributed by atoms with Crippen molar-refractivity contribution in [3.63, 3.8) is 0 Å². The number of carboxylic acids is 1. The van der Waals surface area contributed by atoms with Gasteiger partial charge < -0.3 is 9.84 Å².